The number of carbonyl (C=O) groups excluding carboxylic acids is 1. The smallest absolute Gasteiger partial charge is 0.235 e. The topological polar surface area (TPSA) is 92.8 Å². The Morgan fingerprint density at radius 3 is 2.83 bits per heavy atom. The highest BCUT2D eigenvalue weighted by Crippen LogP contribution is 2.27. The number of hydrogen-bond acceptors (Lipinski definition) is 7. The van der Waals surface area contributed by atoms with Crippen molar-refractivity contribution in [2.24, 2.45) is 0 Å². The summed E-state index contributed by atoms with van der Waals surface area (Å²) in [7, 11) is 0. The minimum atomic E-state index is -0.285. The summed E-state index contributed by atoms with van der Waals surface area (Å²) in [5.74, 6) is 1.48. The zero-order chi connectivity index (χ0) is 21.7. The fourth-order valence-corrected chi connectivity index (χ4v) is 4.40. The van der Waals surface area contributed by atoms with Crippen LogP contribution in [0.5, 0.6) is 5.75 Å². The van der Waals surface area contributed by atoms with E-state index in [4.69, 9.17) is 10.00 Å². The van der Waals surface area contributed by atoms with Gasteiger partial charge in [-0.05, 0) is 62.4 Å². The maximum Gasteiger partial charge on any atom is 0.235 e. The molecule has 0 aliphatic rings. The average Bonchev–Trinajstić information content (AvgIpc) is 3.35. The molecule has 0 bridgehead atoms. The van der Waals surface area contributed by atoms with E-state index in [1.54, 1.807) is 11.4 Å². The molecule has 1 unspecified atom stereocenters. The largest absolute Gasteiger partial charge is 0.483 e. The van der Waals surface area contributed by atoms with Crippen LogP contribution in [-0.2, 0) is 11.3 Å². The highest BCUT2D eigenvalue weighted by atomic mass is 32.2. The minimum absolute atomic E-state index is 0.174. The summed E-state index contributed by atoms with van der Waals surface area (Å²) in [6.07, 6.45) is -0.285. The molecule has 0 fully saturated rings. The Bertz CT molecular complexity index is 1080. The number of nitriles is 1. The van der Waals surface area contributed by atoms with Crippen LogP contribution in [0.3, 0.4) is 0 Å². The molecule has 0 aliphatic carbocycles. The Labute approximate surface area is 184 Å². The summed E-state index contributed by atoms with van der Waals surface area (Å²) in [4.78, 5) is 12.3. The van der Waals surface area contributed by atoms with Crippen molar-refractivity contribution in [2.75, 3.05) is 11.1 Å². The number of nitrogens with zero attached hydrogens (tertiary/aromatic N) is 4. The first-order valence-electron chi connectivity index (χ1n) is 9.50. The van der Waals surface area contributed by atoms with Crippen LogP contribution in [0, 0.1) is 25.2 Å². The zero-order valence-corrected chi connectivity index (χ0v) is 18.9. The highest BCUT2D eigenvalue weighted by molar-refractivity contribution is 7.99. The number of ether oxygens (including phenoxy) is 1. The third-order valence-corrected chi connectivity index (χ3v) is 6.38. The summed E-state index contributed by atoms with van der Waals surface area (Å²) in [5.41, 5.74) is 2.85. The molecule has 0 saturated carbocycles. The van der Waals surface area contributed by atoms with E-state index in [-0.39, 0.29) is 17.8 Å². The number of thioether (sulfide) groups is 1. The SMILES string of the molecule is CCn1c(SCC(=O)Nc2sccc2C#N)nnc1C(C)Oc1ccc(C)c(C)c1. The van der Waals surface area contributed by atoms with E-state index in [9.17, 15) is 4.79 Å². The van der Waals surface area contributed by atoms with Gasteiger partial charge in [-0.1, -0.05) is 17.8 Å². The standard InChI is InChI=1S/C21H23N5O2S2/c1-5-26-19(15(4)28-17-7-6-13(2)14(3)10-17)24-25-21(26)30-12-18(27)23-20-16(11-22)8-9-29-20/h6-10,15H,5,12H2,1-4H3,(H,23,27). The molecule has 9 heteroatoms. The van der Waals surface area contributed by atoms with Crippen molar-refractivity contribution in [3.63, 3.8) is 0 Å². The van der Waals surface area contributed by atoms with E-state index in [1.165, 1.54) is 34.2 Å². The van der Waals surface area contributed by atoms with Gasteiger partial charge in [0.05, 0.1) is 11.3 Å². The minimum Gasteiger partial charge on any atom is -0.483 e. The molecule has 2 heterocycles. The summed E-state index contributed by atoms with van der Waals surface area (Å²) in [5, 5.41) is 23.4. The van der Waals surface area contributed by atoms with Crippen molar-refractivity contribution in [2.45, 2.75) is 45.5 Å². The number of thiophene rings is 1. The van der Waals surface area contributed by atoms with Crippen molar-refractivity contribution >= 4 is 34.0 Å². The first-order valence-corrected chi connectivity index (χ1v) is 11.4. The summed E-state index contributed by atoms with van der Waals surface area (Å²) in [6, 6.07) is 9.75. The lowest BCUT2D eigenvalue weighted by atomic mass is 10.1. The van der Waals surface area contributed by atoms with Crippen LogP contribution in [0.1, 0.15) is 42.5 Å². The maximum absolute atomic E-state index is 12.3. The van der Waals surface area contributed by atoms with Gasteiger partial charge >= 0.3 is 0 Å². The van der Waals surface area contributed by atoms with Crippen LogP contribution < -0.4 is 10.1 Å². The number of anilines is 1. The molecule has 30 heavy (non-hydrogen) atoms. The average molecular weight is 442 g/mol. The zero-order valence-electron chi connectivity index (χ0n) is 17.3. The van der Waals surface area contributed by atoms with Gasteiger partial charge in [0.2, 0.25) is 5.91 Å². The monoisotopic (exact) mass is 441 g/mol. The van der Waals surface area contributed by atoms with E-state index in [2.05, 4.69) is 35.4 Å². The Morgan fingerprint density at radius 2 is 2.13 bits per heavy atom. The summed E-state index contributed by atoms with van der Waals surface area (Å²) >= 11 is 2.64. The lowest BCUT2D eigenvalue weighted by Crippen LogP contribution is -2.15. The number of aryl methyl sites for hydroxylation is 2. The van der Waals surface area contributed by atoms with Crippen LogP contribution in [-0.4, -0.2) is 26.4 Å². The fraction of sp³-hybridized carbons (Fsp3) is 0.333. The van der Waals surface area contributed by atoms with E-state index in [0.717, 1.165) is 5.75 Å². The molecular formula is C21H23N5O2S2. The van der Waals surface area contributed by atoms with E-state index in [0.29, 0.717) is 28.1 Å². The quantitative estimate of drug-likeness (QED) is 0.509. The molecule has 156 valence electrons. The Hall–Kier alpha value is -2.83. The molecule has 1 atom stereocenters. The second-order valence-corrected chi connectivity index (χ2v) is 8.56. The number of benzene rings is 1. The van der Waals surface area contributed by atoms with E-state index in [1.807, 2.05) is 36.6 Å². The molecule has 3 aromatic rings. The molecule has 0 saturated heterocycles. The first kappa shape index (κ1) is 21.9. The van der Waals surface area contributed by atoms with Crippen molar-refractivity contribution in [3.05, 3.63) is 52.2 Å². The number of rotatable bonds is 8. The van der Waals surface area contributed by atoms with E-state index < -0.39 is 0 Å². The molecule has 1 amide bonds. The molecule has 1 N–H and O–H groups in total. The summed E-state index contributed by atoms with van der Waals surface area (Å²) < 4.78 is 8.03. The molecule has 3 rings (SSSR count). The van der Waals surface area contributed by atoms with Gasteiger partial charge in [-0.15, -0.1) is 21.5 Å². The maximum atomic E-state index is 12.3. The van der Waals surface area contributed by atoms with Crippen LogP contribution >= 0.6 is 23.1 Å². The number of hydrogen-bond donors (Lipinski definition) is 1. The third-order valence-electron chi connectivity index (χ3n) is 4.59. The Kier molecular flexibility index (Phi) is 7.13. The van der Waals surface area contributed by atoms with Gasteiger partial charge in [0.25, 0.3) is 0 Å². The van der Waals surface area contributed by atoms with Gasteiger partial charge in [-0.2, -0.15) is 5.26 Å². The predicted octanol–water partition coefficient (Wildman–Crippen LogP) is 4.72. The van der Waals surface area contributed by atoms with Gasteiger partial charge in [-0.3, -0.25) is 4.79 Å². The van der Waals surface area contributed by atoms with Crippen LogP contribution in [0.2, 0.25) is 0 Å². The number of nitrogens with one attached hydrogen (secondary N) is 1. The van der Waals surface area contributed by atoms with Crippen LogP contribution in [0.15, 0.2) is 34.8 Å². The third kappa shape index (κ3) is 5.01. The van der Waals surface area contributed by atoms with Crippen molar-refractivity contribution < 1.29 is 9.53 Å². The fourth-order valence-electron chi connectivity index (χ4n) is 2.84. The van der Waals surface area contributed by atoms with Crippen LogP contribution in [0.4, 0.5) is 5.00 Å². The van der Waals surface area contributed by atoms with Gasteiger partial charge in [0.1, 0.15) is 16.8 Å². The number of amides is 1. The lowest BCUT2D eigenvalue weighted by molar-refractivity contribution is -0.113. The van der Waals surface area contributed by atoms with Crippen molar-refractivity contribution in [1.29, 1.82) is 5.26 Å². The lowest BCUT2D eigenvalue weighted by Gasteiger charge is -2.16. The normalized spacial score (nSPS) is 11.7. The molecule has 0 spiro atoms. The summed E-state index contributed by atoms with van der Waals surface area (Å²) in [6.45, 7) is 8.72. The molecule has 7 nitrogen and oxygen atoms in total. The van der Waals surface area contributed by atoms with Gasteiger partial charge in [0.15, 0.2) is 17.1 Å². The molecule has 1 aromatic carbocycles. The molecule has 0 aliphatic heterocycles. The molecule has 0 radical (unpaired) electrons. The highest BCUT2D eigenvalue weighted by Gasteiger charge is 2.20. The van der Waals surface area contributed by atoms with Crippen molar-refractivity contribution in [1.82, 2.24) is 14.8 Å². The van der Waals surface area contributed by atoms with Crippen molar-refractivity contribution in [3.8, 4) is 11.8 Å². The predicted molar refractivity (Wildman–Crippen MR) is 119 cm³/mol. The Morgan fingerprint density at radius 1 is 1.33 bits per heavy atom. The van der Waals surface area contributed by atoms with Crippen LogP contribution in [0.25, 0.3) is 0 Å². The Balaban J connectivity index is 1.65. The van der Waals surface area contributed by atoms with Gasteiger partial charge in [-0.25, -0.2) is 0 Å². The second-order valence-electron chi connectivity index (χ2n) is 6.70. The van der Waals surface area contributed by atoms with E-state index >= 15 is 0 Å². The number of aromatic nitrogens is 3. The number of carbonyl (C=O) groups is 1. The van der Waals surface area contributed by atoms with Gasteiger partial charge in [0, 0.05) is 6.54 Å². The first-order chi connectivity index (χ1) is 14.4. The molecular weight excluding hydrogens is 418 g/mol. The second kappa shape index (κ2) is 9.78. The molecule has 2 aromatic heterocycles. The van der Waals surface area contributed by atoms with Gasteiger partial charge < -0.3 is 14.6 Å².